The Bertz CT molecular complexity index is 736. The van der Waals surface area contributed by atoms with Crippen LogP contribution in [0.3, 0.4) is 0 Å². The summed E-state index contributed by atoms with van der Waals surface area (Å²) in [5.41, 5.74) is 1.74. The number of fused-ring (bicyclic) bond motifs is 1. The van der Waals surface area contributed by atoms with E-state index in [0.29, 0.717) is 22.7 Å². The summed E-state index contributed by atoms with van der Waals surface area (Å²) in [6.45, 7) is 0. The third-order valence-electron chi connectivity index (χ3n) is 2.86. The zero-order chi connectivity index (χ0) is 14.8. The second-order valence-electron chi connectivity index (χ2n) is 4.37. The first-order valence-electron chi connectivity index (χ1n) is 6.11. The molecule has 2 aromatic rings. The van der Waals surface area contributed by atoms with Crippen molar-refractivity contribution in [2.75, 3.05) is 16.4 Å². The lowest BCUT2D eigenvalue weighted by Gasteiger charge is -2.17. The van der Waals surface area contributed by atoms with Crippen LogP contribution in [0, 0.1) is 0 Å². The molecule has 5 nitrogen and oxygen atoms in total. The van der Waals surface area contributed by atoms with E-state index in [0.717, 1.165) is 4.90 Å². The molecule has 0 atom stereocenters. The quantitative estimate of drug-likeness (QED) is 0.835. The summed E-state index contributed by atoms with van der Waals surface area (Å²) in [5.74, 6) is 0.0831. The lowest BCUT2D eigenvalue weighted by Crippen LogP contribution is -2.19. The molecule has 0 spiro atoms. The van der Waals surface area contributed by atoms with E-state index in [4.69, 9.17) is 11.6 Å². The minimum atomic E-state index is -0.283. The van der Waals surface area contributed by atoms with E-state index in [9.17, 15) is 9.59 Å². The van der Waals surface area contributed by atoms with Gasteiger partial charge in [0.05, 0.1) is 11.4 Å². The van der Waals surface area contributed by atoms with Crippen LogP contribution in [0.15, 0.2) is 41.4 Å². The van der Waals surface area contributed by atoms with Gasteiger partial charge in [-0.25, -0.2) is 4.98 Å². The number of pyridine rings is 1. The van der Waals surface area contributed by atoms with Crippen LogP contribution in [0.25, 0.3) is 0 Å². The summed E-state index contributed by atoms with van der Waals surface area (Å²) in [4.78, 5) is 28.3. The van der Waals surface area contributed by atoms with Gasteiger partial charge in [0.25, 0.3) is 5.91 Å². The third kappa shape index (κ3) is 3.17. The third-order valence-corrected chi connectivity index (χ3v) is 4.14. The van der Waals surface area contributed by atoms with Crippen molar-refractivity contribution in [3.05, 3.63) is 47.2 Å². The molecule has 0 aliphatic carbocycles. The lowest BCUT2D eigenvalue weighted by atomic mass is 10.2. The Balaban J connectivity index is 1.80. The van der Waals surface area contributed by atoms with Crippen LogP contribution in [0.1, 0.15) is 10.4 Å². The Morgan fingerprint density at radius 2 is 2.19 bits per heavy atom. The zero-order valence-electron chi connectivity index (χ0n) is 10.7. The number of hydrogen-bond acceptors (Lipinski definition) is 4. The first-order chi connectivity index (χ1) is 10.1. The molecule has 7 heteroatoms. The van der Waals surface area contributed by atoms with Gasteiger partial charge in [0.1, 0.15) is 5.15 Å². The van der Waals surface area contributed by atoms with Crippen LogP contribution < -0.4 is 10.6 Å². The normalized spacial score (nSPS) is 13.3. The molecule has 1 aromatic heterocycles. The largest absolute Gasteiger partial charge is 0.324 e. The van der Waals surface area contributed by atoms with Crippen molar-refractivity contribution in [1.29, 1.82) is 0 Å². The topological polar surface area (TPSA) is 71.1 Å². The minimum Gasteiger partial charge on any atom is -0.324 e. The summed E-state index contributed by atoms with van der Waals surface area (Å²) in [6.07, 6.45) is 1.47. The van der Waals surface area contributed by atoms with Crippen molar-refractivity contribution in [1.82, 2.24) is 4.98 Å². The van der Waals surface area contributed by atoms with Crippen molar-refractivity contribution in [2.45, 2.75) is 4.90 Å². The molecule has 1 aliphatic heterocycles. The summed E-state index contributed by atoms with van der Waals surface area (Å²) in [5, 5.41) is 5.81. The standard InChI is InChI=1S/C14H10ClN3O2S/c15-12-5-8(3-4-16-12)14(20)17-9-1-2-11-10(6-9)18-13(19)7-21-11/h1-6H,7H2,(H,17,20)(H,18,19). The van der Waals surface area contributed by atoms with E-state index in [-0.39, 0.29) is 17.0 Å². The summed E-state index contributed by atoms with van der Waals surface area (Å²) in [7, 11) is 0. The number of rotatable bonds is 2. The van der Waals surface area contributed by atoms with Gasteiger partial charge in [0.2, 0.25) is 5.91 Å². The van der Waals surface area contributed by atoms with E-state index in [1.165, 1.54) is 24.0 Å². The van der Waals surface area contributed by atoms with Gasteiger partial charge in [-0.15, -0.1) is 11.8 Å². The summed E-state index contributed by atoms with van der Waals surface area (Å²) in [6, 6.07) is 8.48. The molecular formula is C14H10ClN3O2S. The predicted molar refractivity (Wildman–Crippen MR) is 83.0 cm³/mol. The molecule has 0 saturated carbocycles. The molecule has 2 N–H and O–H groups in total. The number of aromatic nitrogens is 1. The second kappa shape index (κ2) is 5.75. The monoisotopic (exact) mass is 319 g/mol. The molecule has 2 amide bonds. The van der Waals surface area contributed by atoms with E-state index in [2.05, 4.69) is 15.6 Å². The lowest BCUT2D eigenvalue weighted by molar-refractivity contribution is -0.113. The first kappa shape index (κ1) is 13.9. The highest BCUT2D eigenvalue weighted by molar-refractivity contribution is 8.00. The van der Waals surface area contributed by atoms with E-state index < -0.39 is 0 Å². The fourth-order valence-corrected chi connectivity index (χ4v) is 2.87. The van der Waals surface area contributed by atoms with E-state index >= 15 is 0 Å². The molecule has 0 fully saturated rings. The molecule has 3 rings (SSSR count). The van der Waals surface area contributed by atoms with Crippen molar-refractivity contribution < 1.29 is 9.59 Å². The van der Waals surface area contributed by atoms with Crippen LogP contribution in [-0.2, 0) is 4.79 Å². The van der Waals surface area contributed by atoms with Crippen molar-refractivity contribution in [3.8, 4) is 0 Å². The van der Waals surface area contributed by atoms with Gasteiger partial charge in [-0.3, -0.25) is 9.59 Å². The number of carbonyl (C=O) groups is 2. The number of anilines is 2. The SMILES string of the molecule is O=C1CSc2ccc(NC(=O)c3ccnc(Cl)c3)cc2N1. The fraction of sp³-hybridized carbons (Fsp3) is 0.0714. The average Bonchev–Trinajstić information content (AvgIpc) is 2.46. The van der Waals surface area contributed by atoms with Crippen molar-refractivity contribution >= 4 is 46.6 Å². The molecule has 1 aromatic carbocycles. The van der Waals surface area contributed by atoms with Gasteiger partial charge in [-0.05, 0) is 30.3 Å². The number of benzene rings is 1. The Morgan fingerprint density at radius 1 is 1.33 bits per heavy atom. The number of hydrogen-bond donors (Lipinski definition) is 2. The number of nitrogens with zero attached hydrogens (tertiary/aromatic N) is 1. The molecule has 0 radical (unpaired) electrons. The summed E-state index contributed by atoms with van der Waals surface area (Å²) >= 11 is 7.23. The number of carbonyl (C=O) groups excluding carboxylic acids is 2. The fourth-order valence-electron chi connectivity index (χ4n) is 1.91. The maximum atomic E-state index is 12.1. The van der Waals surface area contributed by atoms with Crippen molar-refractivity contribution in [2.24, 2.45) is 0 Å². The molecule has 2 heterocycles. The molecular weight excluding hydrogens is 310 g/mol. The van der Waals surface area contributed by atoms with Gasteiger partial charge in [0.15, 0.2) is 0 Å². The van der Waals surface area contributed by atoms with Crippen LogP contribution in [0.2, 0.25) is 5.15 Å². The van der Waals surface area contributed by atoms with Crippen LogP contribution in [0.5, 0.6) is 0 Å². The minimum absolute atomic E-state index is 0.0445. The van der Waals surface area contributed by atoms with E-state index in [1.54, 1.807) is 18.2 Å². The highest BCUT2D eigenvalue weighted by atomic mass is 35.5. The van der Waals surface area contributed by atoms with Crippen LogP contribution >= 0.6 is 23.4 Å². The summed E-state index contributed by atoms with van der Waals surface area (Å²) < 4.78 is 0. The van der Waals surface area contributed by atoms with Crippen LogP contribution in [0.4, 0.5) is 11.4 Å². The maximum Gasteiger partial charge on any atom is 0.255 e. The average molecular weight is 320 g/mol. The molecule has 21 heavy (non-hydrogen) atoms. The van der Waals surface area contributed by atoms with Gasteiger partial charge in [-0.2, -0.15) is 0 Å². The van der Waals surface area contributed by atoms with E-state index in [1.807, 2.05) is 6.07 Å². The zero-order valence-corrected chi connectivity index (χ0v) is 12.3. The highest BCUT2D eigenvalue weighted by Gasteiger charge is 2.16. The van der Waals surface area contributed by atoms with Gasteiger partial charge < -0.3 is 10.6 Å². The molecule has 1 aliphatic rings. The van der Waals surface area contributed by atoms with Gasteiger partial charge >= 0.3 is 0 Å². The predicted octanol–water partition coefficient (Wildman–Crippen LogP) is 3.03. The Labute approximate surface area is 130 Å². The van der Waals surface area contributed by atoms with Crippen molar-refractivity contribution in [3.63, 3.8) is 0 Å². The smallest absolute Gasteiger partial charge is 0.255 e. The van der Waals surface area contributed by atoms with Crippen LogP contribution in [-0.4, -0.2) is 22.6 Å². The Kier molecular flexibility index (Phi) is 3.81. The number of halogens is 1. The second-order valence-corrected chi connectivity index (χ2v) is 5.77. The number of nitrogens with one attached hydrogen (secondary N) is 2. The highest BCUT2D eigenvalue weighted by Crippen LogP contribution is 2.33. The maximum absolute atomic E-state index is 12.1. The first-order valence-corrected chi connectivity index (χ1v) is 7.48. The Hall–Kier alpha value is -2.05. The number of thioether (sulfide) groups is 1. The molecule has 0 bridgehead atoms. The van der Waals surface area contributed by atoms with Gasteiger partial charge in [-0.1, -0.05) is 11.6 Å². The Morgan fingerprint density at radius 3 is 3.00 bits per heavy atom. The van der Waals surface area contributed by atoms with Gasteiger partial charge in [0, 0.05) is 22.3 Å². The number of amides is 2. The molecule has 106 valence electrons. The molecule has 0 unspecified atom stereocenters. The molecule has 0 saturated heterocycles.